The number of nitrogens with two attached hydrogens (primary N) is 1. The number of methoxy groups -OCH3 is 1. The van der Waals surface area contributed by atoms with E-state index in [0.29, 0.717) is 5.75 Å². The zero-order chi connectivity index (χ0) is 13.3. The number of benzene rings is 1. The van der Waals surface area contributed by atoms with E-state index in [-0.39, 0.29) is 5.75 Å². The van der Waals surface area contributed by atoms with Gasteiger partial charge in [-0.1, -0.05) is 19.3 Å². The van der Waals surface area contributed by atoms with E-state index < -0.39 is 5.54 Å². The molecule has 0 atom stereocenters. The smallest absolute Gasteiger partial charge is 0.175 e. The van der Waals surface area contributed by atoms with Crippen LogP contribution in [0.15, 0.2) is 10.5 Å². The Hall–Kier alpha value is -0.740. The second-order valence-electron chi connectivity index (χ2n) is 5.15. The molecular formula is C14H20BrNO2. The van der Waals surface area contributed by atoms with Gasteiger partial charge < -0.3 is 15.6 Å². The third-order valence-electron chi connectivity index (χ3n) is 3.85. The number of aromatic hydroxyl groups is 1. The monoisotopic (exact) mass is 313 g/mol. The fourth-order valence-electron chi connectivity index (χ4n) is 3.00. The summed E-state index contributed by atoms with van der Waals surface area (Å²) in [6, 6.07) is 1.97. The zero-order valence-corrected chi connectivity index (χ0v) is 12.5. The van der Waals surface area contributed by atoms with Crippen LogP contribution in [0.1, 0.15) is 43.2 Å². The summed E-state index contributed by atoms with van der Waals surface area (Å²) >= 11 is 3.41. The molecule has 0 saturated heterocycles. The van der Waals surface area contributed by atoms with Crippen LogP contribution < -0.4 is 10.5 Å². The summed E-state index contributed by atoms with van der Waals surface area (Å²) < 4.78 is 6.02. The molecule has 0 unspecified atom stereocenters. The van der Waals surface area contributed by atoms with Crippen molar-refractivity contribution in [3.05, 3.63) is 21.7 Å². The van der Waals surface area contributed by atoms with Crippen LogP contribution in [-0.2, 0) is 5.54 Å². The van der Waals surface area contributed by atoms with E-state index in [4.69, 9.17) is 10.5 Å². The highest BCUT2D eigenvalue weighted by atomic mass is 79.9. The van der Waals surface area contributed by atoms with Gasteiger partial charge >= 0.3 is 0 Å². The van der Waals surface area contributed by atoms with Gasteiger partial charge in [0.1, 0.15) is 0 Å². The molecule has 18 heavy (non-hydrogen) atoms. The van der Waals surface area contributed by atoms with Crippen molar-refractivity contribution < 1.29 is 9.84 Å². The van der Waals surface area contributed by atoms with Crippen molar-refractivity contribution in [3.8, 4) is 11.5 Å². The average Bonchev–Trinajstić information content (AvgIpc) is 2.29. The van der Waals surface area contributed by atoms with Crippen LogP contribution in [0.4, 0.5) is 0 Å². The molecule has 4 heteroatoms. The van der Waals surface area contributed by atoms with Crippen LogP contribution >= 0.6 is 15.9 Å². The molecule has 0 amide bonds. The number of hydrogen-bond donors (Lipinski definition) is 2. The fraction of sp³-hybridized carbons (Fsp3) is 0.571. The van der Waals surface area contributed by atoms with Gasteiger partial charge in [-0.3, -0.25) is 0 Å². The largest absolute Gasteiger partial charge is 0.504 e. The summed E-state index contributed by atoms with van der Waals surface area (Å²) in [6.07, 6.45) is 5.31. The van der Waals surface area contributed by atoms with Crippen molar-refractivity contribution >= 4 is 15.9 Å². The maximum atomic E-state index is 10.4. The standard InChI is InChI=1S/C14H20BrNO2/c1-9-8-10(15)13(18-2)12(17)11(9)14(16)6-4-3-5-7-14/h8,17H,3-7,16H2,1-2H3. The molecule has 3 nitrogen and oxygen atoms in total. The topological polar surface area (TPSA) is 55.5 Å². The van der Waals surface area contributed by atoms with Crippen molar-refractivity contribution in [2.75, 3.05) is 7.11 Å². The Labute approximate surface area is 116 Å². The number of ether oxygens (including phenoxy) is 1. The molecular weight excluding hydrogens is 294 g/mol. The summed E-state index contributed by atoms with van der Waals surface area (Å²) in [5, 5.41) is 10.4. The highest BCUT2D eigenvalue weighted by Crippen LogP contribution is 2.47. The third kappa shape index (κ3) is 2.24. The quantitative estimate of drug-likeness (QED) is 0.877. The average molecular weight is 314 g/mol. The molecule has 3 N–H and O–H groups in total. The maximum Gasteiger partial charge on any atom is 0.175 e. The van der Waals surface area contributed by atoms with Gasteiger partial charge in [0.05, 0.1) is 11.6 Å². The summed E-state index contributed by atoms with van der Waals surface area (Å²) in [4.78, 5) is 0. The SMILES string of the molecule is COc1c(Br)cc(C)c(C2(N)CCCCC2)c1O. The van der Waals surface area contributed by atoms with Gasteiger partial charge in [-0.15, -0.1) is 0 Å². The zero-order valence-electron chi connectivity index (χ0n) is 10.9. The fourth-order valence-corrected chi connectivity index (χ4v) is 3.69. The molecule has 1 aliphatic carbocycles. The Bertz CT molecular complexity index is 454. The summed E-state index contributed by atoms with van der Waals surface area (Å²) in [5.74, 6) is 0.666. The Morgan fingerprint density at radius 1 is 1.33 bits per heavy atom. The summed E-state index contributed by atoms with van der Waals surface area (Å²) in [5.41, 5.74) is 7.98. The van der Waals surface area contributed by atoms with Gasteiger partial charge in [0.15, 0.2) is 11.5 Å². The van der Waals surface area contributed by atoms with Crippen molar-refractivity contribution in [2.24, 2.45) is 5.73 Å². The number of hydrogen-bond acceptors (Lipinski definition) is 3. The van der Waals surface area contributed by atoms with Crippen LogP contribution in [-0.4, -0.2) is 12.2 Å². The van der Waals surface area contributed by atoms with Crippen LogP contribution in [0.25, 0.3) is 0 Å². The highest BCUT2D eigenvalue weighted by Gasteiger charge is 2.34. The predicted octanol–water partition coefficient (Wildman–Crippen LogP) is 3.59. The van der Waals surface area contributed by atoms with E-state index in [1.54, 1.807) is 7.11 Å². The lowest BCUT2D eigenvalue weighted by Gasteiger charge is -2.36. The van der Waals surface area contributed by atoms with Gasteiger partial charge in [-0.05, 0) is 47.3 Å². The number of phenolic OH excluding ortho intramolecular Hbond substituents is 1. The molecule has 0 bridgehead atoms. The Kier molecular flexibility index (Phi) is 3.87. The number of aryl methyl sites for hydroxylation is 1. The number of rotatable bonds is 2. The van der Waals surface area contributed by atoms with Gasteiger partial charge in [-0.2, -0.15) is 0 Å². The van der Waals surface area contributed by atoms with Crippen LogP contribution in [0, 0.1) is 6.92 Å². The molecule has 100 valence electrons. The minimum absolute atomic E-state index is 0.189. The second-order valence-corrected chi connectivity index (χ2v) is 6.00. The first kappa shape index (κ1) is 13.7. The third-order valence-corrected chi connectivity index (χ3v) is 4.44. The second kappa shape index (κ2) is 5.10. The molecule has 0 heterocycles. The van der Waals surface area contributed by atoms with E-state index >= 15 is 0 Å². The number of phenols is 1. The molecule has 2 rings (SSSR count). The van der Waals surface area contributed by atoms with Crippen molar-refractivity contribution in [1.82, 2.24) is 0 Å². The molecule has 0 aromatic heterocycles. The lowest BCUT2D eigenvalue weighted by atomic mass is 9.75. The molecule has 0 aliphatic heterocycles. The molecule has 1 aromatic rings. The summed E-state index contributed by atoms with van der Waals surface area (Å²) in [7, 11) is 1.56. The molecule has 1 saturated carbocycles. The first-order valence-electron chi connectivity index (χ1n) is 6.35. The lowest BCUT2D eigenvalue weighted by molar-refractivity contribution is 0.285. The molecule has 1 fully saturated rings. The van der Waals surface area contributed by atoms with Crippen LogP contribution in [0.5, 0.6) is 11.5 Å². The maximum absolute atomic E-state index is 10.4. The number of halogens is 1. The van der Waals surface area contributed by atoms with Crippen molar-refractivity contribution in [3.63, 3.8) is 0 Å². The normalized spacial score (nSPS) is 18.7. The van der Waals surface area contributed by atoms with Crippen LogP contribution in [0.2, 0.25) is 0 Å². The van der Waals surface area contributed by atoms with Crippen LogP contribution in [0.3, 0.4) is 0 Å². The van der Waals surface area contributed by atoms with Gasteiger partial charge in [0.25, 0.3) is 0 Å². The Balaban J connectivity index is 2.56. The lowest BCUT2D eigenvalue weighted by Crippen LogP contribution is -2.39. The van der Waals surface area contributed by atoms with E-state index in [1.165, 1.54) is 6.42 Å². The predicted molar refractivity (Wildman–Crippen MR) is 76.0 cm³/mol. The van der Waals surface area contributed by atoms with E-state index in [2.05, 4.69) is 15.9 Å². The van der Waals surface area contributed by atoms with Crippen molar-refractivity contribution in [1.29, 1.82) is 0 Å². The summed E-state index contributed by atoms with van der Waals surface area (Å²) in [6.45, 7) is 1.99. The van der Waals surface area contributed by atoms with Gasteiger partial charge in [0.2, 0.25) is 0 Å². The minimum Gasteiger partial charge on any atom is -0.504 e. The molecule has 1 aromatic carbocycles. The Morgan fingerprint density at radius 3 is 2.50 bits per heavy atom. The highest BCUT2D eigenvalue weighted by molar-refractivity contribution is 9.10. The molecule has 1 aliphatic rings. The van der Waals surface area contributed by atoms with Gasteiger partial charge in [-0.25, -0.2) is 0 Å². The van der Waals surface area contributed by atoms with Crippen molar-refractivity contribution in [2.45, 2.75) is 44.6 Å². The molecule has 0 spiro atoms. The molecule has 0 radical (unpaired) electrons. The minimum atomic E-state index is -0.416. The van der Waals surface area contributed by atoms with E-state index in [1.807, 2.05) is 13.0 Å². The van der Waals surface area contributed by atoms with E-state index in [9.17, 15) is 5.11 Å². The van der Waals surface area contributed by atoms with Gasteiger partial charge in [0, 0.05) is 11.1 Å². The Morgan fingerprint density at radius 2 is 1.94 bits per heavy atom. The van der Waals surface area contributed by atoms with E-state index in [0.717, 1.165) is 41.3 Å². The first-order valence-corrected chi connectivity index (χ1v) is 7.14. The first-order chi connectivity index (χ1) is 8.49.